The van der Waals surface area contributed by atoms with Gasteiger partial charge in [-0.15, -0.1) is 5.10 Å². The van der Waals surface area contributed by atoms with Gasteiger partial charge in [-0.05, 0) is 40.7 Å². The maximum atomic E-state index is 13.1. The van der Waals surface area contributed by atoms with Crippen molar-refractivity contribution in [1.82, 2.24) is 25.1 Å². The molecule has 1 amide bonds. The predicted molar refractivity (Wildman–Crippen MR) is 92.6 cm³/mol. The van der Waals surface area contributed by atoms with Crippen LogP contribution in [0.1, 0.15) is 37.8 Å². The molecule has 7 heteroatoms. The van der Waals surface area contributed by atoms with Crippen LogP contribution in [0.4, 0.5) is 0 Å². The molecule has 1 fully saturated rings. The van der Waals surface area contributed by atoms with Crippen molar-refractivity contribution in [2.24, 2.45) is 5.41 Å². The zero-order chi connectivity index (χ0) is 17.7. The Morgan fingerprint density at radius 3 is 2.56 bits per heavy atom. The van der Waals surface area contributed by atoms with E-state index in [1.165, 1.54) is 6.33 Å². The quantitative estimate of drug-likeness (QED) is 0.858. The van der Waals surface area contributed by atoms with Gasteiger partial charge in [-0.25, -0.2) is 4.68 Å². The zero-order valence-corrected chi connectivity index (χ0v) is 14.6. The molecule has 2 aromatic rings. The van der Waals surface area contributed by atoms with Gasteiger partial charge in [0.05, 0.1) is 0 Å². The van der Waals surface area contributed by atoms with E-state index in [1.54, 1.807) is 4.68 Å². The summed E-state index contributed by atoms with van der Waals surface area (Å²) in [6.45, 7) is 3.63. The molecule has 0 saturated carbocycles. The minimum Gasteiger partial charge on any atom is -0.396 e. The van der Waals surface area contributed by atoms with Gasteiger partial charge in [0.15, 0.2) is 0 Å². The fourth-order valence-electron chi connectivity index (χ4n) is 3.48. The van der Waals surface area contributed by atoms with E-state index in [0.29, 0.717) is 19.5 Å². The molecule has 2 heterocycles. The summed E-state index contributed by atoms with van der Waals surface area (Å²) in [5.41, 5.74) is 1.03. The highest BCUT2D eigenvalue weighted by Gasteiger charge is 2.36. The van der Waals surface area contributed by atoms with E-state index in [4.69, 9.17) is 0 Å². The van der Waals surface area contributed by atoms with Gasteiger partial charge >= 0.3 is 0 Å². The van der Waals surface area contributed by atoms with Crippen LogP contribution in [0.15, 0.2) is 36.7 Å². The van der Waals surface area contributed by atoms with Crippen LogP contribution in [0.5, 0.6) is 0 Å². The molecule has 0 bridgehead atoms. The van der Waals surface area contributed by atoms with Gasteiger partial charge in [0.25, 0.3) is 0 Å². The maximum Gasteiger partial charge on any atom is 0.247 e. The number of rotatable bonds is 6. The molecule has 1 aromatic heterocycles. The molecule has 1 aliphatic rings. The number of aromatic nitrogens is 4. The van der Waals surface area contributed by atoms with Crippen LogP contribution < -0.4 is 0 Å². The number of tetrazole rings is 1. The molecular weight excluding hydrogens is 318 g/mol. The molecule has 25 heavy (non-hydrogen) atoms. The van der Waals surface area contributed by atoms with Crippen molar-refractivity contribution in [3.63, 3.8) is 0 Å². The lowest BCUT2D eigenvalue weighted by molar-refractivity contribution is -0.138. The Bertz CT molecular complexity index is 660. The summed E-state index contributed by atoms with van der Waals surface area (Å²) in [6.07, 6.45) is 4.66. The number of likely N-dealkylation sites (tertiary alicyclic amines) is 1. The van der Waals surface area contributed by atoms with Gasteiger partial charge in [-0.2, -0.15) is 0 Å². The third kappa shape index (κ3) is 3.87. The molecule has 1 unspecified atom stereocenters. The molecule has 0 aliphatic carbocycles. The van der Waals surface area contributed by atoms with E-state index in [-0.39, 0.29) is 17.9 Å². The summed E-state index contributed by atoms with van der Waals surface area (Å²) in [6, 6.07) is 9.47. The Morgan fingerprint density at radius 1 is 1.28 bits per heavy atom. The highest BCUT2D eigenvalue weighted by Crippen LogP contribution is 2.35. The Hall–Kier alpha value is -2.28. The predicted octanol–water partition coefficient (Wildman–Crippen LogP) is 1.47. The maximum absolute atomic E-state index is 13.1. The van der Waals surface area contributed by atoms with Gasteiger partial charge in [0, 0.05) is 26.1 Å². The van der Waals surface area contributed by atoms with E-state index in [0.717, 1.165) is 24.8 Å². The fraction of sp³-hybridized carbons (Fsp3) is 0.556. The second kappa shape index (κ2) is 7.74. The zero-order valence-electron chi connectivity index (χ0n) is 14.6. The van der Waals surface area contributed by atoms with E-state index < -0.39 is 6.04 Å². The van der Waals surface area contributed by atoms with Crippen molar-refractivity contribution < 1.29 is 9.90 Å². The van der Waals surface area contributed by atoms with E-state index in [2.05, 4.69) is 22.4 Å². The van der Waals surface area contributed by atoms with Gasteiger partial charge in [0.1, 0.15) is 12.4 Å². The smallest absolute Gasteiger partial charge is 0.247 e. The molecule has 3 rings (SSSR count). The highest BCUT2D eigenvalue weighted by molar-refractivity contribution is 5.80. The Kier molecular flexibility index (Phi) is 5.43. The average molecular weight is 343 g/mol. The SMILES string of the molecule is CCC1(CO)CCN(C(=O)C(Cc2ccccc2)n2cnnn2)CC1. The topological polar surface area (TPSA) is 84.1 Å². The van der Waals surface area contributed by atoms with Gasteiger partial charge in [-0.1, -0.05) is 37.3 Å². The van der Waals surface area contributed by atoms with Gasteiger partial charge in [-0.3, -0.25) is 4.79 Å². The summed E-state index contributed by atoms with van der Waals surface area (Å²) in [7, 11) is 0. The molecule has 1 N–H and O–H groups in total. The number of piperidine rings is 1. The lowest BCUT2D eigenvalue weighted by atomic mass is 9.77. The third-order valence-corrected chi connectivity index (χ3v) is 5.46. The van der Waals surface area contributed by atoms with Gasteiger partial charge in [0.2, 0.25) is 5.91 Å². The number of carbonyl (C=O) groups excluding carboxylic acids is 1. The number of aliphatic hydroxyl groups excluding tert-OH is 1. The van der Waals surface area contributed by atoms with E-state index in [1.807, 2.05) is 35.2 Å². The summed E-state index contributed by atoms with van der Waals surface area (Å²) in [5.74, 6) is 0.0406. The molecule has 7 nitrogen and oxygen atoms in total. The van der Waals surface area contributed by atoms with Crippen molar-refractivity contribution in [3.8, 4) is 0 Å². The number of amides is 1. The number of hydrogen-bond donors (Lipinski definition) is 1. The first-order valence-electron chi connectivity index (χ1n) is 8.83. The minimum absolute atomic E-state index is 0.0406. The largest absolute Gasteiger partial charge is 0.396 e. The van der Waals surface area contributed by atoms with Crippen LogP contribution in [0.2, 0.25) is 0 Å². The molecule has 0 radical (unpaired) electrons. The van der Waals surface area contributed by atoms with Crippen LogP contribution in [0.3, 0.4) is 0 Å². The molecular formula is C18H25N5O2. The number of nitrogens with zero attached hydrogens (tertiary/aromatic N) is 5. The van der Waals surface area contributed by atoms with Gasteiger partial charge < -0.3 is 10.0 Å². The number of benzene rings is 1. The lowest BCUT2D eigenvalue weighted by Gasteiger charge is -2.41. The number of aliphatic hydroxyl groups is 1. The molecule has 1 atom stereocenters. The first-order valence-corrected chi connectivity index (χ1v) is 8.83. The van der Waals surface area contributed by atoms with Crippen LogP contribution in [0, 0.1) is 5.41 Å². The molecule has 134 valence electrons. The van der Waals surface area contributed by atoms with Crippen molar-refractivity contribution >= 4 is 5.91 Å². The first kappa shape index (κ1) is 17.5. The van der Waals surface area contributed by atoms with E-state index in [9.17, 15) is 9.90 Å². The summed E-state index contributed by atoms with van der Waals surface area (Å²) in [5, 5.41) is 21.0. The van der Waals surface area contributed by atoms with Crippen LogP contribution in [0.25, 0.3) is 0 Å². The molecule has 1 aromatic carbocycles. The highest BCUT2D eigenvalue weighted by atomic mass is 16.3. The monoisotopic (exact) mass is 343 g/mol. The van der Waals surface area contributed by atoms with Crippen molar-refractivity contribution in [2.75, 3.05) is 19.7 Å². The average Bonchev–Trinajstić information content (AvgIpc) is 3.21. The molecule has 1 aliphatic heterocycles. The normalized spacial score (nSPS) is 18.1. The van der Waals surface area contributed by atoms with Crippen molar-refractivity contribution in [2.45, 2.75) is 38.6 Å². The van der Waals surface area contributed by atoms with Crippen LogP contribution in [-0.2, 0) is 11.2 Å². The lowest BCUT2D eigenvalue weighted by Crippen LogP contribution is -2.47. The summed E-state index contributed by atoms with van der Waals surface area (Å²) < 4.78 is 1.54. The summed E-state index contributed by atoms with van der Waals surface area (Å²) in [4.78, 5) is 15.0. The molecule has 0 spiro atoms. The fourth-order valence-corrected chi connectivity index (χ4v) is 3.48. The van der Waals surface area contributed by atoms with Crippen LogP contribution in [-0.4, -0.2) is 55.8 Å². The second-order valence-corrected chi connectivity index (χ2v) is 6.83. The second-order valence-electron chi connectivity index (χ2n) is 6.83. The number of hydrogen-bond acceptors (Lipinski definition) is 5. The molecule has 1 saturated heterocycles. The third-order valence-electron chi connectivity index (χ3n) is 5.46. The Labute approximate surface area is 147 Å². The van der Waals surface area contributed by atoms with Crippen molar-refractivity contribution in [3.05, 3.63) is 42.2 Å². The standard InChI is InChI=1S/C18H25N5O2/c1-2-18(13-24)8-10-22(11-9-18)17(25)16(23-14-19-20-21-23)12-15-6-4-3-5-7-15/h3-7,14,16,24H,2,8-13H2,1H3. The van der Waals surface area contributed by atoms with Crippen LogP contribution >= 0.6 is 0 Å². The van der Waals surface area contributed by atoms with E-state index >= 15 is 0 Å². The number of carbonyl (C=O) groups is 1. The Balaban J connectivity index is 1.74. The first-order chi connectivity index (χ1) is 12.2. The minimum atomic E-state index is -0.444. The van der Waals surface area contributed by atoms with Crippen molar-refractivity contribution in [1.29, 1.82) is 0 Å². The Morgan fingerprint density at radius 2 is 2.00 bits per heavy atom. The summed E-state index contributed by atoms with van der Waals surface area (Å²) >= 11 is 0.